The van der Waals surface area contributed by atoms with Gasteiger partial charge in [0.2, 0.25) is 0 Å². The summed E-state index contributed by atoms with van der Waals surface area (Å²) in [5.74, 6) is 1.39. The maximum absolute atomic E-state index is 11.4. The summed E-state index contributed by atoms with van der Waals surface area (Å²) in [5, 5.41) is 1.17. The lowest BCUT2D eigenvalue weighted by Crippen LogP contribution is -2.03. The van der Waals surface area contributed by atoms with Gasteiger partial charge in [-0.1, -0.05) is 13.3 Å². The number of hydrogen-bond acceptors (Lipinski definition) is 2. The largest absolute Gasteiger partial charge is 0.497 e. The van der Waals surface area contributed by atoms with E-state index in [4.69, 9.17) is 4.74 Å². The molecule has 0 bridgehead atoms. The van der Waals surface area contributed by atoms with Gasteiger partial charge in [0, 0.05) is 23.5 Å². The fraction of sp³-hybridized carbons (Fsp3) is 0.438. The van der Waals surface area contributed by atoms with E-state index in [1.54, 1.807) is 14.0 Å². The van der Waals surface area contributed by atoms with Gasteiger partial charge in [-0.05, 0) is 43.0 Å². The fourth-order valence-corrected chi connectivity index (χ4v) is 2.65. The van der Waals surface area contributed by atoms with Crippen LogP contribution in [0.2, 0.25) is 0 Å². The van der Waals surface area contributed by atoms with Crippen LogP contribution in [0.4, 0.5) is 0 Å². The van der Waals surface area contributed by atoms with Crippen molar-refractivity contribution in [2.75, 3.05) is 7.11 Å². The Kier molecular flexibility index (Phi) is 4.25. The normalized spacial score (nSPS) is 12.6. The van der Waals surface area contributed by atoms with Crippen LogP contribution in [0.5, 0.6) is 5.75 Å². The Labute approximate surface area is 114 Å². The second-order valence-corrected chi connectivity index (χ2v) is 5.05. The lowest BCUT2D eigenvalue weighted by atomic mass is 9.90. The summed E-state index contributed by atoms with van der Waals surface area (Å²) < 4.78 is 5.29. The summed E-state index contributed by atoms with van der Waals surface area (Å²) in [5.41, 5.74) is 2.33. The number of nitrogens with one attached hydrogen (secondary N) is 1. The van der Waals surface area contributed by atoms with Crippen molar-refractivity contribution >= 4 is 16.7 Å². The summed E-state index contributed by atoms with van der Waals surface area (Å²) in [4.78, 5) is 14.7. The van der Waals surface area contributed by atoms with Crippen LogP contribution in [0.15, 0.2) is 24.4 Å². The van der Waals surface area contributed by atoms with E-state index in [1.807, 2.05) is 24.4 Å². The van der Waals surface area contributed by atoms with E-state index in [2.05, 4.69) is 11.9 Å². The van der Waals surface area contributed by atoms with Crippen molar-refractivity contribution in [1.82, 2.24) is 4.98 Å². The third-order valence-corrected chi connectivity index (χ3v) is 3.53. The monoisotopic (exact) mass is 259 g/mol. The Morgan fingerprint density at radius 1 is 1.42 bits per heavy atom. The van der Waals surface area contributed by atoms with Crippen LogP contribution in [0.1, 0.15) is 44.6 Å². The van der Waals surface area contributed by atoms with Gasteiger partial charge in [-0.2, -0.15) is 0 Å². The minimum absolute atomic E-state index is 0.246. The number of aromatic nitrogens is 1. The molecule has 102 valence electrons. The molecule has 19 heavy (non-hydrogen) atoms. The molecule has 0 radical (unpaired) electrons. The number of Topliss-reactive ketones (excluding diaryl/α,β-unsaturated/α-hetero) is 1. The highest BCUT2D eigenvalue weighted by molar-refractivity contribution is 5.86. The number of hydrogen-bond donors (Lipinski definition) is 1. The molecule has 3 heteroatoms. The molecular formula is C16H21NO2. The average molecular weight is 259 g/mol. The average Bonchev–Trinajstić information content (AvgIpc) is 2.80. The maximum Gasteiger partial charge on any atom is 0.130 e. The van der Waals surface area contributed by atoms with Gasteiger partial charge >= 0.3 is 0 Å². The molecule has 0 fully saturated rings. The summed E-state index contributed by atoms with van der Waals surface area (Å²) >= 11 is 0. The third-order valence-electron chi connectivity index (χ3n) is 3.53. The van der Waals surface area contributed by atoms with E-state index in [0.29, 0.717) is 12.3 Å². The van der Waals surface area contributed by atoms with Gasteiger partial charge in [0.1, 0.15) is 11.5 Å². The molecule has 0 spiro atoms. The van der Waals surface area contributed by atoms with Crippen molar-refractivity contribution in [2.24, 2.45) is 0 Å². The molecule has 0 aliphatic carbocycles. The first kappa shape index (κ1) is 13.7. The topological polar surface area (TPSA) is 42.1 Å². The quantitative estimate of drug-likeness (QED) is 0.850. The van der Waals surface area contributed by atoms with E-state index in [-0.39, 0.29) is 5.78 Å². The Bertz CT molecular complexity index is 571. The first-order valence-electron chi connectivity index (χ1n) is 6.80. The molecule has 0 amide bonds. The number of methoxy groups -OCH3 is 1. The molecule has 0 saturated heterocycles. The lowest BCUT2D eigenvalue weighted by Gasteiger charge is -2.14. The van der Waals surface area contributed by atoms with Crippen molar-refractivity contribution in [1.29, 1.82) is 0 Å². The van der Waals surface area contributed by atoms with Gasteiger partial charge in [0.15, 0.2) is 0 Å². The third kappa shape index (κ3) is 2.98. The van der Waals surface area contributed by atoms with E-state index in [1.165, 1.54) is 10.9 Å². The molecule has 0 unspecified atom stereocenters. The van der Waals surface area contributed by atoms with Gasteiger partial charge in [0.25, 0.3) is 0 Å². The molecule has 2 aromatic rings. The molecule has 1 heterocycles. The van der Waals surface area contributed by atoms with E-state index < -0.39 is 0 Å². The Hall–Kier alpha value is -1.77. The highest BCUT2D eigenvalue weighted by Gasteiger charge is 2.17. The molecule has 1 aromatic heterocycles. The first-order valence-corrected chi connectivity index (χ1v) is 6.80. The minimum atomic E-state index is 0.246. The van der Waals surface area contributed by atoms with Crippen LogP contribution >= 0.6 is 0 Å². The van der Waals surface area contributed by atoms with Crippen LogP contribution < -0.4 is 4.74 Å². The molecule has 0 aliphatic rings. The van der Waals surface area contributed by atoms with E-state index >= 15 is 0 Å². The van der Waals surface area contributed by atoms with Gasteiger partial charge < -0.3 is 14.5 Å². The number of carbonyl (C=O) groups excluding carboxylic acids is 1. The summed E-state index contributed by atoms with van der Waals surface area (Å²) in [6, 6.07) is 6.01. The van der Waals surface area contributed by atoms with Crippen molar-refractivity contribution in [2.45, 2.75) is 39.0 Å². The van der Waals surface area contributed by atoms with Crippen molar-refractivity contribution in [3.8, 4) is 5.75 Å². The van der Waals surface area contributed by atoms with Crippen LogP contribution in [-0.2, 0) is 4.79 Å². The highest BCUT2D eigenvalue weighted by Crippen LogP contribution is 2.33. The molecule has 3 nitrogen and oxygen atoms in total. The maximum atomic E-state index is 11.4. The zero-order valence-corrected chi connectivity index (χ0v) is 11.8. The molecular weight excluding hydrogens is 238 g/mol. The highest BCUT2D eigenvalue weighted by atomic mass is 16.5. The zero-order chi connectivity index (χ0) is 13.8. The Morgan fingerprint density at radius 3 is 2.84 bits per heavy atom. The standard InChI is InChI=1S/C16H21NO2/c1-4-5-12(8-11(2)18)15-10-17-16-7-6-13(19-3)9-14(15)16/h6-7,9-10,12,17H,4-5,8H2,1-3H3/t12-/m1/s1. The van der Waals surface area contributed by atoms with Crippen LogP contribution in [-0.4, -0.2) is 17.9 Å². The molecule has 1 atom stereocenters. The van der Waals surface area contributed by atoms with Gasteiger partial charge in [-0.25, -0.2) is 0 Å². The lowest BCUT2D eigenvalue weighted by molar-refractivity contribution is -0.117. The fourth-order valence-electron chi connectivity index (χ4n) is 2.65. The van der Waals surface area contributed by atoms with Gasteiger partial charge in [-0.15, -0.1) is 0 Å². The summed E-state index contributed by atoms with van der Waals surface area (Å²) in [6.45, 7) is 3.82. The van der Waals surface area contributed by atoms with Gasteiger partial charge in [0.05, 0.1) is 7.11 Å². The van der Waals surface area contributed by atoms with Gasteiger partial charge in [-0.3, -0.25) is 0 Å². The molecule has 0 aliphatic heterocycles. The van der Waals surface area contributed by atoms with Crippen LogP contribution in [0, 0.1) is 0 Å². The van der Waals surface area contributed by atoms with Crippen LogP contribution in [0.25, 0.3) is 10.9 Å². The smallest absolute Gasteiger partial charge is 0.130 e. The number of benzene rings is 1. The number of aromatic amines is 1. The number of rotatable bonds is 6. The Balaban J connectivity index is 2.43. The SMILES string of the molecule is CCC[C@H](CC(C)=O)c1c[nH]c2ccc(OC)cc12. The molecule has 1 N–H and O–H groups in total. The van der Waals surface area contributed by atoms with Crippen molar-refractivity contribution in [3.63, 3.8) is 0 Å². The van der Waals surface area contributed by atoms with Crippen molar-refractivity contribution in [3.05, 3.63) is 30.0 Å². The summed E-state index contributed by atoms with van der Waals surface area (Å²) in [7, 11) is 1.67. The molecule has 0 saturated carbocycles. The predicted molar refractivity (Wildman–Crippen MR) is 77.8 cm³/mol. The van der Waals surface area contributed by atoms with E-state index in [9.17, 15) is 4.79 Å². The Morgan fingerprint density at radius 2 is 2.21 bits per heavy atom. The number of fused-ring (bicyclic) bond motifs is 1. The number of carbonyl (C=O) groups is 1. The molecule has 2 rings (SSSR count). The number of H-pyrrole nitrogens is 1. The number of ketones is 1. The van der Waals surface area contributed by atoms with E-state index in [0.717, 1.165) is 24.1 Å². The second-order valence-electron chi connectivity index (χ2n) is 5.05. The van der Waals surface area contributed by atoms with Crippen LogP contribution in [0.3, 0.4) is 0 Å². The number of ether oxygens (including phenoxy) is 1. The predicted octanol–water partition coefficient (Wildman–Crippen LogP) is 4.04. The zero-order valence-electron chi connectivity index (χ0n) is 11.8. The first-order chi connectivity index (χ1) is 9.15. The second kappa shape index (κ2) is 5.91. The van der Waals surface area contributed by atoms with Crippen molar-refractivity contribution < 1.29 is 9.53 Å². The minimum Gasteiger partial charge on any atom is -0.497 e. The summed E-state index contributed by atoms with van der Waals surface area (Å²) in [6.07, 6.45) is 4.75. The molecule has 1 aromatic carbocycles.